The Morgan fingerprint density at radius 2 is 1.68 bits per heavy atom. The molecule has 0 bridgehead atoms. The highest BCUT2D eigenvalue weighted by Crippen LogP contribution is 2.32. The first-order valence-electron chi connectivity index (χ1n) is 8.42. The lowest BCUT2D eigenvalue weighted by Gasteiger charge is -2.31. The van der Waals surface area contributed by atoms with Crippen molar-refractivity contribution in [1.82, 2.24) is 9.62 Å². The van der Waals surface area contributed by atoms with E-state index in [1.807, 2.05) is 0 Å². The van der Waals surface area contributed by atoms with E-state index >= 15 is 0 Å². The number of rotatable bonds is 5. The summed E-state index contributed by atoms with van der Waals surface area (Å²) < 4.78 is 26.0. The van der Waals surface area contributed by atoms with Crippen molar-refractivity contribution in [3.8, 4) is 0 Å². The first kappa shape index (κ1) is 17.9. The number of benzene rings is 1. The van der Waals surface area contributed by atoms with Crippen LogP contribution < -0.4 is 5.32 Å². The molecule has 136 valence electrons. The third kappa shape index (κ3) is 4.01. The van der Waals surface area contributed by atoms with Gasteiger partial charge in [0, 0.05) is 24.7 Å². The van der Waals surface area contributed by atoms with Crippen molar-refractivity contribution in [2.75, 3.05) is 13.1 Å². The molecule has 1 aliphatic carbocycles. The van der Waals surface area contributed by atoms with Gasteiger partial charge in [0.25, 0.3) is 5.91 Å². The van der Waals surface area contributed by atoms with E-state index in [9.17, 15) is 18.0 Å². The number of carbonyl (C=O) groups is 2. The third-order valence-corrected chi connectivity index (χ3v) is 7.08. The Hall–Kier alpha value is -1.93. The monoisotopic (exact) mass is 366 g/mol. The molecule has 8 heteroatoms. The minimum Gasteiger partial charge on any atom is -0.478 e. The van der Waals surface area contributed by atoms with Crippen molar-refractivity contribution in [1.29, 1.82) is 0 Å². The molecule has 2 fully saturated rings. The maximum Gasteiger partial charge on any atom is 0.335 e. The molecule has 1 aromatic carbocycles. The van der Waals surface area contributed by atoms with Gasteiger partial charge < -0.3 is 10.4 Å². The Balaban J connectivity index is 1.60. The second kappa shape index (κ2) is 6.76. The predicted octanol–water partition coefficient (Wildman–Crippen LogP) is 1.38. The molecule has 7 nitrogen and oxygen atoms in total. The molecular formula is C17H22N2O5S. The minimum atomic E-state index is -3.16. The number of nitrogens with zero attached hydrogens (tertiary/aromatic N) is 1. The zero-order valence-electron chi connectivity index (χ0n) is 14.1. The number of piperidine rings is 1. The average molecular weight is 366 g/mol. The van der Waals surface area contributed by atoms with E-state index in [0.717, 1.165) is 12.8 Å². The number of sulfonamides is 1. The summed E-state index contributed by atoms with van der Waals surface area (Å²) in [5.41, 5.74) is 1.09. The largest absolute Gasteiger partial charge is 0.478 e. The maximum absolute atomic E-state index is 12.4. The molecule has 2 N–H and O–H groups in total. The second-order valence-electron chi connectivity index (χ2n) is 6.78. The van der Waals surface area contributed by atoms with Gasteiger partial charge in [-0.05, 0) is 56.4 Å². The van der Waals surface area contributed by atoms with Crippen LogP contribution in [0.1, 0.15) is 52.0 Å². The van der Waals surface area contributed by atoms with Crippen LogP contribution in [0.5, 0.6) is 0 Å². The number of carboxylic acids is 1. The van der Waals surface area contributed by atoms with Crippen molar-refractivity contribution >= 4 is 21.9 Å². The van der Waals surface area contributed by atoms with E-state index in [2.05, 4.69) is 5.32 Å². The molecule has 0 unspecified atom stereocenters. The van der Waals surface area contributed by atoms with Crippen LogP contribution in [0, 0.1) is 6.92 Å². The molecule has 0 spiro atoms. The number of aryl methyl sites for hydroxylation is 1. The molecule has 0 atom stereocenters. The van der Waals surface area contributed by atoms with E-state index in [1.54, 1.807) is 13.0 Å². The van der Waals surface area contributed by atoms with E-state index in [0.29, 0.717) is 37.1 Å². The van der Waals surface area contributed by atoms with E-state index in [1.165, 1.54) is 16.4 Å². The van der Waals surface area contributed by atoms with Crippen LogP contribution in [0.25, 0.3) is 0 Å². The molecule has 25 heavy (non-hydrogen) atoms. The summed E-state index contributed by atoms with van der Waals surface area (Å²) in [6.07, 6.45) is 2.63. The second-order valence-corrected chi connectivity index (χ2v) is 9.00. The lowest BCUT2D eigenvalue weighted by Crippen LogP contribution is -2.47. The first-order valence-corrected chi connectivity index (χ1v) is 9.92. The number of amides is 1. The average Bonchev–Trinajstić information content (AvgIpc) is 3.40. The van der Waals surface area contributed by atoms with Gasteiger partial charge >= 0.3 is 5.97 Å². The van der Waals surface area contributed by atoms with Crippen molar-refractivity contribution < 1.29 is 23.1 Å². The molecule has 3 rings (SSSR count). The number of hydrogen-bond donors (Lipinski definition) is 2. The lowest BCUT2D eigenvalue weighted by atomic mass is 10.0. The van der Waals surface area contributed by atoms with Gasteiger partial charge in [-0.1, -0.05) is 0 Å². The summed E-state index contributed by atoms with van der Waals surface area (Å²) in [4.78, 5) is 23.5. The smallest absolute Gasteiger partial charge is 0.335 e. The Labute approximate surface area is 147 Å². The zero-order chi connectivity index (χ0) is 18.2. The Morgan fingerprint density at radius 1 is 1.08 bits per heavy atom. The van der Waals surface area contributed by atoms with Gasteiger partial charge in [0.15, 0.2) is 0 Å². The predicted molar refractivity (Wildman–Crippen MR) is 92.1 cm³/mol. The highest BCUT2D eigenvalue weighted by Gasteiger charge is 2.41. The molecule has 1 amide bonds. The molecule has 1 heterocycles. The van der Waals surface area contributed by atoms with Crippen LogP contribution in [-0.2, 0) is 10.0 Å². The highest BCUT2D eigenvalue weighted by molar-refractivity contribution is 7.90. The van der Waals surface area contributed by atoms with Crippen molar-refractivity contribution in [3.05, 3.63) is 34.9 Å². The normalized spacial score (nSPS) is 19.6. The number of nitrogens with one attached hydrogen (secondary N) is 1. The van der Waals surface area contributed by atoms with Gasteiger partial charge in [-0.3, -0.25) is 4.79 Å². The van der Waals surface area contributed by atoms with E-state index < -0.39 is 16.0 Å². The topological polar surface area (TPSA) is 104 Å². The number of carbonyl (C=O) groups excluding carboxylic acids is 1. The first-order chi connectivity index (χ1) is 11.8. The molecule has 0 radical (unpaired) electrons. The van der Waals surface area contributed by atoms with Gasteiger partial charge in [-0.2, -0.15) is 0 Å². The fourth-order valence-electron chi connectivity index (χ4n) is 3.14. The van der Waals surface area contributed by atoms with Gasteiger partial charge in [-0.15, -0.1) is 0 Å². The zero-order valence-corrected chi connectivity index (χ0v) is 14.9. The van der Waals surface area contributed by atoms with Crippen molar-refractivity contribution in [3.63, 3.8) is 0 Å². The number of hydrogen-bond acceptors (Lipinski definition) is 4. The van der Waals surface area contributed by atoms with Crippen molar-refractivity contribution in [2.45, 2.75) is 43.9 Å². The van der Waals surface area contributed by atoms with Crippen LogP contribution >= 0.6 is 0 Å². The standard InChI is InChI=1S/C17H22N2O5S/c1-11-8-12(10-13(9-11)17(21)22)16(20)18-14-4-6-19(7-5-14)25(23,24)15-2-3-15/h8-10,14-15H,2-7H2,1H3,(H,18,20)(H,21,22). The fraction of sp³-hybridized carbons (Fsp3) is 0.529. The summed E-state index contributed by atoms with van der Waals surface area (Å²) in [6.45, 7) is 2.57. The van der Waals surface area contributed by atoms with Crippen LogP contribution in [0.15, 0.2) is 18.2 Å². The Morgan fingerprint density at radius 3 is 2.24 bits per heavy atom. The minimum absolute atomic E-state index is 0.0792. The fourth-order valence-corrected chi connectivity index (χ4v) is 5.01. The molecule has 0 aromatic heterocycles. The Kier molecular flexibility index (Phi) is 4.83. The quantitative estimate of drug-likeness (QED) is 0.819. The van der Waals surface area contributed by atoms with Gasteiger partial charge in [0.05, 0.1) is 10.8 Å². The van der Waals surface area contributed by atoms with Gasteiger partial charge in [0.2, 0.25) is 10.0 Å². The van der Waals surface area contributed by atoms with Crippen LogP contribution in [0.4, 0.5) is 0 Å². The summed E-state index contributed by atoms with van der Waals surface area (Å²) in [6, 6.07) is 4.42. The molecule has 1 aromatic rings. The summed E-state index contributed by atoms with van der Waals surface area (Å²) in [5.74, 6) is -1.40. The van der Waals surface area contributed by atoms with Crippen molar-refractivity contribution in [2.24, 2.45) is 0 Å². The Bertz CT molecular complexity index is 793. The molecule has 2 aliphatic rings. The van der Waals surface area contributed by atoms with Crippen LogP contribution in [-0.4, -0.2) is 54.1 Å². The summed E-state index contributed by atoms with van der Waals surface area (Å²) in [7, 11) is -3.16. The third-order valence-electron chi connectivity index (χ3n) is 4.68. The van der Waals surface area contributed by atoms with Crippen LogP contribution in [0.3, 0.4) is 0 Å². The number of carboxylic acid groups (broad SMARTS) is 1. The molecule has 1 aliphatic heterocycles. The summed E-state index contributed by atoms with van der Waals surface area (Å²) >= 11 is 0. The highest BCUT2D eigenvalue weighted by atomic mass is 32.2. The molecular weight excluding hydrogens is 344 g/mol. The number of aromatic carboxylic acids is 1. The summed E-state index contributed by atoms with van der Waals surface area (Å²) in [5, 5.41) is 11.8. The van der Waals surface area contributed by atoms with Crippen LogP contribution in [0.2, 0.25) is 0 Å². The van der Waals surface area contributed by atoms with E-state index in [-0.39, 0.29) is 22.8 Å². The van der Waals surface area contributed by atoms with Gasteiger partial charge in [-0.25, -0.2) is 17.5 Å². The molecule has 1 saturated carbocycles. The SMILES string of the molecule is Cc1cc(C(=O)O)cc(C(=O)NC2CCN(S(=O)(=O)C3CC3)CC2)c1. The maximum atomic E-state index is 12.4. The lowest BCUT2D eigenvalue weighted by molar-refractivity contribution is 0.0696. The van der Waals surface area contributed by atoms with E-state index in [4.69, 9.17) is 5.11 Å². The molecule has 1 saturated heterocycles. The van der Waals surface area contributed by atoms with Gasteiger partial charge in [0.1, 0.15) is 0 Å².